The second-order valence-corrected chi connectivity index (χ2v) is 25.0. The summed E-state index contributed by atoms with van der Waals surface area (Å²) in [5.74, 6) is -9.88. The largest absolute Gasteiger partial charge is 0.481 e. The number of hydrogen-bond acceptors (Lipinski definition) is 20. The van der Waals surface area contributed by atoms with Gasteiger partial charge in [0.05, 0.1) is 79.2 Å². The minimum Gasteiger partial charge on any atom is -0.481 e. The smallest absolute Gasteiger partial charge is 0.317 e. The molecule has 0 saturated carbocycles. The van der Waals surface area contributed by atoms with Crippen molar-refractivity contribution < 1.29 is 100 Å². The van der Waals surface area contributed by atoms with Gasteiger partial charge in [0, 0.05) is 70.0 Å². The van der Waals surface area contributed by atoms with Crippen LogP contribution < -0.4 is 10.6 Å². The molecule has 0 aromatic rings. The number of rotatable bonds is 12. The van der Waals surface area contributed by atoms with Gasteiger partial charge in [0.2, 0.25) is 0 Å². The molecule has 2 bridgehead atoms. The second kappa shape index (κ2) is 39.3. The van der Waals surface area contributed by atoms with Crippen molar-refractivity contribution >= 4 is 23.9 Å². The minimum atomic E-state index is -2.57. The van der Waals surface area contributed by atoms with Crippen molar-refractivity contribution in [3.05, 3.63) is 47.6 Å². The van der Waals surface area contributed by atoms with Crippen LogP contribution >= 0.6 is 0 Å². The summed E-state index contributed by atoms with van der Waals surface area (Å²) >= 11 is 0. The Hall–Kier alpha value is -3.92. The Bertz CT molecular complexity index is 2150. The molecule has 0 aromatic carbocycles. The van der Waals surface area contributed by atoms with Gasteiger partial charge in [-0.3, -0.25) is 19.4 Å². The number of carbonyl (C=O) groups excluding carboxylic acids is 2. The second-order valence-electron chi connectivity index (χ2n) is 25.0. The van der Waals surface area contributed by atoms with E-state index in [-0.39, 0.29) is 63.2 Å². The molecule has 2 heterocycles. The summed E-state index contributed by atoms with van der Waals surface area (Å²) in [6.07, 6.45) is -8.35. The van der Waals surface area contributed by atoms with Gasteiger partial charge in [-0.1, -0.05) is 90.0 Å². The van der Waals surface area contributed by atoms with E-state index in [1.165, 1.54) is 6.08 Å². The number of unbranched alkanes of at least 4 members (excludes halogenated alkanes) is 3. The lowest BCUT2D eigenvalue weighted by atomic mass is 9.83. The number of carbonyl (C=O) groups is 3. The average Bonchev–Trinajstić information content (AvgIpc) is 1.30. The Balaban J connectivity index is 2.48. The van der Waals surface area contributed by atoms with E-state index in [2.05, 4.69) is 21.7 Å². The van der Waals surface area contributed by atoms with Crippen LogP contribution in [0.5, 0.6) is 0 Å². The van der Waals surface area contributed by atoms with Crippen molar-refractivity contribution in [2.45, 2.75) is 262 Å². The predicted octanol–water partition coefficient (Wildman–Crippen LogP) is 2.82. The zero-order valence-corrected chi connectivity index (χ0v) is 52.8. The third-order valence-corrected chi connectivity index (χ3v) is 17.5. The van der Waals surface area contributed by atoms with E-state index in [0.29, 0.717) is 12.0 Å². The molecule has 23 heteroatoms. The van der Waals surface area contributed by atoms with Crippen LogP contribution in [0.4, 0.5) is 0 Å². The van der Waals surface area contributed by atoms with Gasteiger partial charge in [-0.2, -0.15) is 0 Å². The molecule has 23 nitrogen and oxygen atoms in total. The lowest BCUT2D eigenvalue weighted by molar-refractivity contribution is -0.333. The number of carboxylic acid groups (broad SMARTS) is 1. The number of nitrogens with zero attached hydrogens (tertiary/aromatic N) is 1. The van der Waals surface area contributed by atoms with Gasteiger partial charge in [-0.25, -0.2) is 0 Å². The monoisotopic (exact) mass is 1230 g/mol. The molecule has 2 aliphatic rings. The highest BCUT2D eigenvalue weighted by molar-refractivity contribution is 5.90. The lowest BCUT2D eigenvalue weighted by Crippen LogP contribution is -2.60. The number of allylic oxidation sites excluding steroid dienone is 4. The number of nitrogens with one attached hydrogen (secondary N) is 2. The Morgan fingerprint density at radius 3 is 2.01 bits per heavy atom. The number of aliphatic carboxylic acids is 1. The molecule has 1 fully saturated rings. The Morgan fingerprint density at radius 2 is 1.38 bits per heavy atom. The maximum absolute atomic E-state index is 14.0. The van der Waals surface area contributed by atoms with Crippen molar-refractivity contribution in [2.24, 2.45) is 46.4 Å². The molecule has 0 amide bonds. The van der Waals surface area contributed by atoms with Crippen molar-refractivity contribution in [2.75, 3.05) is 20.6 Å². The van der Waals surface area contributed by atoms with Gasteiger partial charge in [0.15, 0.2) is 11.7 Å². The number of ether oxygens (including phenoxy) is 3. The van der Waals surface area contributed by atoms with Crippen LogP contribution in [0.2, 0.25) is 0 Å². The molecule has 2 rings (SSSR count). The van der Waals surface area contributed by atoms with E-state index < -0.39 is 164 Å². The Labute approximate surface area is 510 Å². The molecular weight excluding hydrogens is 1120 g/mol. The molecule has 1 saturated heterocycles. The molecule has 0 radical (unpaired) electrons. The number of aliphatic imine (C=N–C) groups is 1. The van der Waals surface area contributed by atoms with Gasteiger partial charge in [-0.05, 0) is 102 Å². The fourth-order valence-corrected chi connectivity index (χ4v) is 11.2. The summed E-state index contributed by atoms with van der Waals surface area (Å²) in [6, 6.07) is 0. The highest BCUT2D eigenvalue weighted by atomic mass is 16.7. The quantitative estimate of drug-likeness (QED) is 0.0333. The Kier molecular flexibility index (Phi) is 35.7. The van der Waals surface area contributed by atoms with Crippen LogP contribution in [0.1, 0.15) is 165 Å². The maximum Gasteiger partial charge on any atom is 0.317 e. The van der Waals surface area contributed by atoms with Crippen molar-refractivity contribution in [1.29, 1.82) is 0 Å². The predicted molar refractivity (Wildman–Crippen MR) is 324 cm³/mol. The number of guanidine groups is 1. The van der Waals surface area contributed by atoms with Gasteiger partial charge in [0.25, 0.3) is 0 Å². The van der Waals surface area contributed by atoms with Crippen molar-refractivity contribution in [3.63, 3.8) is 0 Å². The SMILES string of the molecule is CN=C(NC)NCCCCC/C=C(\C)CC(C)C1OC(=O)C(C)C(O)C(C)=CCC(O)C(C)C(O)CC(O)C(C)C(O)CCC(C)C(O)CC2(O)OC(CC(OC(=O)CC(=O)O)CC(O)CC(O)CC(O)C(C)C(O)C=CC=CC1C)CC(O)C2O. The number of fused-ring (bicyclic) bond motifs is 2. The van der Waals surface area contributed by atoms with E-state index in [4.69, 9.17) is 14.2 Å². The molecule has 86 heavy (non-hydrogen) atoms. The van der Waals surface area contributed by atoms with Crippen molar-refractivity contribution in [3.8, 4) is 0 Å². The maximum atomic E-state index is 14.0. The third-order valence-electron chi connectivity index (χ3n) is 17.5. The molecule has 16 N–H and O–H groups in total. The van der Waals surface area contributed by atoms with Crippen LogP contribution in [0.3, 0.4) is 0 Å². The first kappa shape index (κ1) is 78.2. The van der Waals surface area contributed by atoms with E-state index in [1.54, 1.807) is 73.9 Å². The van der Waals surface area contributed by atoms with E-state index in [0.717, 1.165) is 43.8 Å². The molecule has 498 valence electrons. The highest BCUT2D eigenvalue weighted by Gasteiger charge is 2.50. The minimum absolute atomic E-state index is 0.0142. The average molecular weight is 1230 g/mol. The van der Waals surface area contributed by atoms with Crippen molar-refractivity contribution in [1.82, 2.24) is 10.6 Å². The van der Waals surface area contributed by atoms with Gasteiger partial charge < -0.3 is 96.3 Å². The summed E-state index contributed by atoms with van der Waals surface area (Å²) in [5, 5.41) is 161. The summed E-state index contributed by atoms with van der Waals surface area (Å²) in [6.45, 7) is 16.2. The van der Waals surface area contributed by atoms with Crippen LogP contribution in [0.15, 0.2) is 52.6 Å². The lowest BCUT2D eigenvalue weighted by Gasteiger charge is -2.45. The fraction of sp³-hybridized carbons (Fsp3) is 0.810. The van der Waals surface area contributed by atoms with Crippen LogP contribution in [-0.4, -0.2) is 213 Å². The van der Waals surface area contributed by atoms with E-state index in [1.807, 2.05) is 26.8 Å². The topological polar surface area (TPSA) is 399 Å². The Morgan fingerprint density at radius 1 is 0.767 bits per heavy atom. The van der Waals surface area contributed by atoms with Gasteiger partial charge in [-0.15, -0.1) is 0 Å². The summed E-state index contributed by atoms with van der Waals surface area (Å²) in [5.41, 5.74) is 1.50. The molecular formula is C63H111N3O20. The number of aliphatic hydroxyl groups is 13. The zero-order valence-electron chi connectivity index (χ0n) is 52.8. The van der Waals surface area contributed by atoms with Gasteiger partial charge in [0.1, 0.15) is 24.7 Å². The fourth-order valence-electron chi connectivity index (χ4n) is 11.2. The first-order chi connectivity index (χ1) is 40.2. The highest BCUT2D eigenvalue weighted by Crippen LogP contribution is 2.37. The number of esters is 2. The van der Waals surface area contributed by atoms with E-state index >= 15 is 0 Å². The first-order valence-electron chi connectivity index (χ1n) is 31.0. The van der Waals surface area contributed by atoms with Crippen LogP contribution in [0.25, 0.3) is 0 Å². The molecule has 23 atom stereocenters. The van der Waals surface area contributed by atoms with Crippen LogP contribution in [-0.2, 0) is 28.6 Å². The molecule has 0 aromatic heterocycles. The molecule has 0 spiro atoms. The standard InChI is InChI=1S/C63H111N3O20/c1-35(18-14-12-13-17-25-66-62(64-10)65-11)26-39(5)59-38(4)19-15-16-20-48(69)40(6)51(72)29-45(68)27-44(67)28-46(84-57(79)33-56(77)78)30-47-31-54(75)60(81)63(83,86-47)34-55(76)36(2)21-23-49(70)41(7)52(73)32-53(74)42(8)50(71)24-22-37(3)58(80)43(9)61(82)85-59/h15-16,18-20,22,36,38-55,58-60,67-76,80-81,83H,12-14,17,21,23-34H2,1-11H3,(H,77,78)(H2,64,65,66)/b19-15?,20-16?,35-18+,37-22?. The van der Waals surface area contributed by atoms with Crippen LogP contribution in [0, 0.1) is 41.4 Å². The number of aliphatic hydroxyl groups excluding tert-OH is 12. The number of carboxylic acids is 1. The number of hydrogen-bond donors (Lipinski definition) is 16. The number of cyclic esters (lactones) is 1. The molecule has 23 unspecified atom stereocenters. The summed E-state index contributed by atoms with van der Waals surface area (Å²) in [4.78, 5) is 42.1. The third kappa shape index (κ3) is 27.4. The van der Waals surface area contributed by atoms with Gasteiger partial charge >= 0.3 is 17.9 Å². The van der Waals surface area contributed by atoms with E-state index in [9.17, 15) is 85.9 Å². The molecule has 0 aliphatic carbocycles. The first-order valence-corrected chi connectivity index (χ1v) is 31.0. The summed E-state index contributed by atoms with van der Waals surface area (Å²) < 4.78 is 17.5. The normalized spacial score (nSPS) is 38.1. The summed E-state index contributed by atoms with van der Waals surface area (Å²) in [7, 11) is 3.52. The zero-order chi connectivity index (χ0) is 65.2. The molecule has 2 aliphatic heterocycles.